The molecule has 1 aromatic heterocycles. The first-order valence-electron chi connectivity index (χ1n) is 4.31. The number of rotatable bonds is 2. The van der Waals surface area contributed by atoms with Crippen molar-refractivity contribution in [2.24, 2.45) is 0 Å². The van der Waals surface area contributed by atoms with Crippen LogP contribution in [0.1, 0.15) is 30.0 Å². The number of esters is 1. The highest BCUT2D eigenvalue weighted by Gasteiger charge is 2.12. The molecule has 0 saturated heterocycles. The van der Waals surface area contributed by atoms with Gasteiger partial charge in [-0.25, -0.2) is 14.8 Å². The summed E-state index contributed by atoms with van der Waals surface area (Å²) in [6.07, 6.45) is 1.15. The molecule has 0 aliphatic carbocycles. The van der Waals surface area contributed by atoms with E-state index < -0.39 is 5.97 Å². The number of anilines is 1. The molecule has 1 aromatic rings. The van der Waals surface area contributed by atoms with Crippen LogP contribution >= 0.6 is 0 Å². The van der Waals surface area contributed by atoms with Gasteiger partial charge in [0.25, 0.3) is 0 Å². The number of nitrogens with zero attached hydrogens (tertiary/aromatic N) is 2. The highest BCUT2D eigenvalue weighted by Crippen LogP contribution is 2.05. The average molecular weight is 195 g/mol. The molecule has 0 bridgehead atoms. The number of hydrogen-bond acceptors (Lipinski definition) is 5. The van der Waals surface area contributed by atoms with E-state index in [9.17, 15) is 4.79 Å². The quantitative estimate of drug-likeness (QED) is 0.710. The summed E-state index contributed by atoms with van der Waals surface area (Å²) in [4.78, 5) is 19.1. The van der Waals surface area contributed by atoms with E-state index in [1.54, 1.807) is 20.8 Å². The summed E-state index contributed by atoms with van der Waals surface area (Å²) in [5.74, 6) is -0.151. The molecule has 0 aliphatic rings. The topological polar surface area (TPSA) is 78.1 Å². The van der Waals surface area contributed by atoms with Gasteiger partial charge in [0.2, 0.25) is 0 Å². The molecule has 0 aromatic carbocycles. The average Bonchev–Trinajstić information content (AvgIpc) is 2.08. The Morgan fingerprint density at radius 1 is 1.57 bits per heavy atom. The molecule has 5 nitrogen and oxygen atoms in total. The molecule has 0 unspecified atom stereocenters. The molecule has 0 saturated carbocycles. The normalized spacial score (nSPS) is 10.3. The lowest BCUT2D eigenvalue weighted by Gasteiger charge is -2.07. The Morgan fingerprint density at radius 3 is 2.71 bits per heavy atom. The second-order valence-corrected chi connectivity index (χ2v) is 3.18. The van der Waals surface area contributed by atoms with Gasteiger partial charge < -0.3 is 10.5 Å². The fourth-order valence-corrected chi connectivity index (χ4v) is 0.864. The molecule has 0 fully saturated rings. The molecule has 5 heteroatoms. The van der Waals surface area contributed by atoms with Gasteiger partial charge in [-0.2, -0.15) is 0 Å². The number of ether oxygens (including phenoxy) is 1. The standard InChI is InChI=1S/C9H13N3O2/c1-5(2)14-9(13)7-4-11-8(10)6(3)12-7/h4-5H,1-3H3,(H2,10,11). The maximum atomic E-state index is 11.4. The lowest BCUT2D eigenvalue weighted by molar-refractivity contribution is 0.0370. The van der Waals surface area contributed by atoms with E-state index in [1.807, 2.05) is 0 Å². The van der Waals surface area contributed by atoms with Crippen LogP contribution in [0.4, 0.5) is 5.82 Å². The predicted molar refractivity (Wildman–Crippen MR) is 51.7 cm³/mol. The van der Waals surface area contributed by atoms with E-state index >= 15 is 0 Å². The Bertz CT molecular complexity index is 350. The molecule has 0 atom stereocenters. The molecule has 1 heterocycles. The summed E-state index contributed by atoms with van der Waals surface area (Å²) < 4.78 is 4.95. The van der Waals surface area contributed by atoms with Crippen molar-refractivity contribution in [3.8, 4) is 0 Å². The van der Waals surface area contributed by atoms with Crippen LogP contribution in [0.2, 0.25) is 0 Å². The van der Waals surface area contributed by atoms with Gasteiger partial charge in [0.05, 0.1) is 18.0 Å². The smallest absolute Gasteiger partial charge is 0.358 e. The van der Waals surface area contributed by atoms with E-state index in [0.29, 0.717) is 11.5 Å². The minimum absolute atomic E-state index is 0.165. The summed E-state index contributed by atoms with van der Waals surface area (Å²) in [5, 5.41) is 0. The monoisotopic (exact) mass is 195 g/mol. The highest BCUT2D eigenvalue weighted by molar-refractivity contribution is 5.87. The van der Waals surface area contributed by atoms with E-state index in [1.165, 1.54) is 6.20 Å². The molecular weight excluding hydrogens is 182 g/mol. The van der Waals surface area contributed by atoms with Crippen LogP contribution in [-0.2, 0) is 4.74 Å². The first-order chi connectivity index (χ1) is 6.50. The van der Waals surface area contributed by atoms with Gasteiger partial charge in [-0.05, 0) is 20.8 Å². The summed E-state index contributed by atoms with van der Waals surface area (Å²) >= 11 is 0. The van der Waals surface area contributed by atoms with Crippen LogP contribution < -0.4 is 5.73 Å². The Balaban J connectivity index is 2.86. The summed E-state index contributed by atoms with van der Waals surface area (Å²) in [6.45, 7) is 5.24. The largest absolute Gasteiger partial charge is 0.458 e. The van der Waals surface area contributed by atoms with Crippen molar-refractivity contribution in [1.29, 1.82) is 0 Å². The first kappa shape index (κ1) is 10.4. The zero-order valence-corrected chi connectivity index (χ0v) is 8.44. The third-order valence-electron chi connectivity index (χ3n) is 1.54. The first-order valence-corrected chi connectivity index (χ1v) is 4.31. The summed E-state index contributed by atoms with van der Waals surface area (Å²) in [5.41, 5.74) is 6.18. The molecular formula is C9H13N3O2. The molecule has 0 radical (unpaired) electrons. The van der Waals surface area contributed by atoms with Crippen molar-refractivity contribution in [2.45, 2.75) is 26.9 Å². The third-order valence-corrected chi connectivity index (χ3v) is 1.54. The Morgan fingerprint density at radius 2 is 2.21 bits per heavy atom. The van der Waals surface area contributed by atoms with Crippen LogP contribution in [0.5, 0.6) is 0 Å². The lowest BCUT2D eigenvalue weighted by Crippen LogP contribution is -2.14. The summed E-state index contributed by atoms with van der Waals surface area (Å²) in [6, 6.07) is 0. The SMILES string of the molecule is Cc1nc(C(=O)OC(C)C)cnc1N. The number of aryl methyl sites for hydroxylation is 1. The van der Waals surface area contributed by atoms with Crippen molar-refractivity contribution in [1.82, 2.24) is 9.97 Å². The van der Waals surface area contributed by atoms with E-state index in [2.05, 4.69) is 9.97 Å². The highest BCUT2D eigenvalue weighted by atomic mass is 16.5. The number of hydrogen-bond donors (Lipinski definition) is 1. The van der Waals surface area contributed by atoms with Gasteiger partial charge in [-0.1, -0.05) is 0 Å². The Kier molecular flexibility index (Phi) is 3.01. The van der Waals surface area contributed by atoms with E-state index in [4.69, 9.17) is 10.5 Å². The number of nitrogens with two attached hydrogens (primary N) is 1. The Hall–Kier alpha value is -1.65. The summed E-state index contributed by atoms with van der Waals surface area (Å²) in [7, 11) is 0. The van der Waals surface area contributed by atoms with Gasteiger partial charge in [0.15, 0.2) is 5.69 Å². The van der Waals surface area contributed by atoms with Crippen LogP contribution in [-0.4, -0.2) is 22.0 Å². The van der Waals surface area contributed by atoms with E-state index in [0.717, 1.165) is 0 Å². The van der Waals surface area contributed by atoms with Gasteiger partial charge in [-0.3, -0.25) is 0 Å². The van der Waals surface area contributed by atoms with Gasteiger partial charge in [0.1, 0.15) is 5.82 Å². The zero-order valence-electron chi connectivity index (χ0n) is 8.44. The minimum Gasteiger partial charge on any atom is -0.458 e. The molecule has 0 amide bonds. The van der Waals surface area contributed by atoms with Gasteiger partial charge >= 0.3 is 5.97 Å². The Labute approximate surface area is 82.3 Å². The second kappa shape index (κ2) is 4.04. The van der Waals surface area contributed by atoms with Crippen molar-refractivity contribution in [2.75, 3.05) is 5.73 Å². The molecule has 1 rings (SSSR count). The maximum absolute atomic E-state index is 11.4. The molecule has 76 valence electrons. The van der Waals surface area contributed by atoms with Gasteiger partial charge in [-0.15, -0.1) is 0 Å². The number of aromatic nitrogens is 2. The van der Waals surface area contributed by atoms with Crippen LogP contribution in [0, 0.1) is 6.92 Å². The fourth-order valence-electron chi connectivity index (χ4n) is 0.864. The second-order valence-electron chi connectivity index (χ2n) is 3.18. The minimum atomic E-state index is -0.476. The van der Waals surface area contributed by atoms with Crippen molar-refractivity contribution in [3.05, 3.63) is 17.6 Å². The van der Waals surface area contributed by atoms with Crippen LogP contribution in [0.3, 0.4) is 0 Å². The third kappa shape index (κ3) is 2.42. The van der Waals surface area contributed by atoms with E-state index in [-0.39, 0.29) is 11.8 Å². The molecule has 0 aliphatic heterocycles. The predicted octanol–water partition coefficient (Wildman–Crippen LogP) is 0.932. The van der Waals surface area contributed by atoms with Crippen molar-refractivity contribution in [3.63, 3.8) is 0 Å². The van der Waals surface area contributed by atoms with Crippen molar-refractivity contribution < 1.29 is 9.53 Å². The number of carbonyl (C=O) groups excluding carboxylic acids is 1. The van der Waals surface area contributed by atoms with Crippen LogP contribution in [0.15, 0.2) is 6.20 Å². The molecule has 2 N–H and O–H groups in total. The van der Waals surface area contributed by atoms with Crippen LogP contribution in [0.25, 0.3) is 0 Å². The maximum Gasteiger partial charge on any atom is 0.358 e. The molecule has 14 heavy (non-hydrogen) atoms. The van der Waals surface area contributed by atoms with Gasteiger partial charge in [0, 0.05) is 0 Å². The number of carbonyl (C=O) groups is 1. The zero-order chi connectivity index (χ0) is 10.7. The molecule has 0 spiro atoms. The lowest BCUT2D eigenvalue weighted by atomic mass is 10.4. The van der Waals surface area contributed by atoms with Crippen molar-refractivity contribution >= 4 is 11.8 Å². The fraction of sp³-hybridized carbons (Fsp3) is 0.444. The number of nitrogen functional groups attached to an aromatic ring is 1.